The van der Waals surface area contributed by atoms with E-state index in [1.807, 2.05) is 23.6 Å². The van der Waals surface area contributed by atoms with E-state index < -0.39 is 0 Å². The molecule has 0 amide bonds. The maximum Gasteiger partial charge on any atom is 0.154 e. The minimum absolute atomic E-state index is 0.542. The summed E-state index contributed by atoms with van der Waals surface area (Å²) in [6.45, 7) is 0. The Kier molecular flexibility index (Phi) is 2.75. The molecule has 0 spiro atoms. The largest absolute Gasteiger partial charge is 0.382 e. The minimum Gasteiger partial charge on any atom is -0.382 e. The van der Waals surface area contributed by atoms with E-state index in [1.165, 1.54) is 10.8 Å². The van der Waals surface area contributed by atoms with Crippen molar-refractivity contribution >= 4 is 27.9 Å². The molecule has 102 valence electrons. The van der Waals surface area contributed by atoms with Gasteiger partial charge in [0.1, 0.15) is 0 Å². The highest BCUT2D eigenvalue weighted by atomic mass is 32.1. The average Bonchev–Trinajstić information content (AvgIpc) is 3.15. The Morgan fingerprint density at radius 1 is 0.952 bits per heavy atom. The van der Waals surface area contributed by atoms with Crippen LogP contribution < -0.4 is 5.73 Å². The molecule has 0 unspecified atom stereocenters. The number of H-pyrrole nitrogens is 1. The number of nitrogens with zero attached hydrogens (tertiary/aromatic N) is 1. The topological polar surface area (TPSA) is 54.7 Å². The van der Waals surface area contributed by atoms with E-state index >= 15 is 0 Å². The van der Waals surface area contributed by atoms with Crippen LogP contribution in [0.3, 0.4) is 0 Å². The molecule has 2 heterocycles. The van der Waals surface area contributed by atoms with Crippen LogP contribution in [0.25, 0.3) is 32.5 Å². The van der Waals surface area contributed by atoms with Gasteiger partial charge < -0.3 is 5.73 Å². The first-order valence-corrected chi connectivity index (χ1v) is 7.58. The van der Waals surface area contributed by atoms with Crippen LogP contribution in [0.1, 0.15) is 0 Å². The van der Waals surface area contributed by atoms with Gasteiger partial charge in [-0.1, -0.05) is 42.5 Å². The van der Waals surface area contributed by atoms with Gasteiger partial charge >= 0.3 is 0 Å². The molecule has 3 nitrogen and oxygen atoms in total. The lowest BCUT2D eigenvalue weighted by Crippen LogP contribution is -1.87. The monoisotopic (exact) mass is 291 g/mol. The van der Waals surface area contributed by atoms with E-state index in [0.29, 0.717) is 5.82 Å². The second-order valence-corrected chi connectivity index (χ2v) is 5.85. The second-order valence-electron chi connectivity index (χ2n) is 4.90. The molecule has 0 radical (unpaired) electrons. The van der Waals surface area contributed by atoms with Gasteiger partial charge in [-0.3, -0.25) is 5.10 Å². The first-order chi connectivity index (χ1) is 10.3. The van der Waals surface area contributed by atoms with E-state index in [0.717, 1.165) is 21.7 Å². The first kappa shape index (κ1) is 12.2. The Morgan fingerprint density at radius 3 is 2.62 bits per heavy atom. The standard InChI is InChI=1S/C17H13N3S/c18-17-15(14-6-3-9-21-14)16(19-20-17)13-8-7-11-4-1-2-5-12(11)10-13/h1-10H,(H3,18,19,20). The number of anilines is 1. The van der Waals surface area contributed by atoms with Crippen LogP contribution in [0, 0.1) is 0 Å². The lowest BCUT2D eigenvalue weighted by atomic mass is 10.0. The number of aromatic amines is 1. The number of hydrogen-bond acceptors (Lipinski definition) is 3. The fourth-order valence-corrected chi connectivity index (χ4v) is 3.37. The molecule has 0 aliphatic rings. The predicted octanol–water partition coefficient (Wildman–Crippen LogP) is 4.54. The summed E-state index contributed by atoms with van der Waals surface area (Å²) in [6, 6.07) is 18.8. The van der Waals surface area contributed by atoms with Crippen LogP contribution >= 0.6 is 11.3 Å². The fourth-order valence-electron chi connectivity index (χ4n) is 2.58. The third kappa shape index (κ3) is 2.00. The molecular weight excluding hydrogens is 278 g/mol. The number of nitrogens with one attached hydrogen (secondary N) is 1. The van der Waals surface area contributed by atoms with Crippen LogP contribution in [0.15, 0.2) is 60.0 Å². The Morgan fingerprint density at radius 2 is 1.81 bits per heavy atom. The van der Waals surface area contributed by atoms with Crippen molar-refractivity contribution in [2.45, 2.75) is 0 Å². The summed E-state index contributed by atoms with van der Waals surface area (Å²) in [6.07, 6.45) is 0. The SMILES string of the molecule is Nc1n[nH]c(-c2ccc3ccccc3c2)c1-c1cccs1. The molecule has 2 aromatic carbocycles. The summed E-state index contributed by atoms with van der Waals surface area (Å²) < 4.78 is 0. The zero-order chi connectivity index (χ0) is 14.2. The molecule has 0 saturated carbocycles. The number of fused-ring (bicyclic) bond motifs is 1. The van der Waals surface area contributed by atoms with Crippen LogP contribution in [0.4, 0.5) is 5.82 Å². The van der Waals surface area contributed by atoms with Crippen LogP contribution in [0.2, 0.25) is 0 Å². The fraction of sp³-hybridized carbons (Fsp3) is 0. The summed E-state index contributed by atoms with van der Waals surface area (Å²) >= 11 is 1.67. The van der Waals surface area contributed by atoms with Gasteiger partial charge in [-0.05, 0) is 28.3 Å². The highest BCUT2D eigenvalue weighted by Crippen LogP contribution is 2.37. The normalized spacial score (nSPS) is 11.0. The van der Waals surface area contributed by atoms with E-state index in [1.54, 1.807) is 11.3 Å². The summed E-state index contributed by atoms with van der Waals surface area (Å²) in [5.41, 5.74) is 9.10. The third-order valence-electron chi connectivity index (χ3n) is 3.60. The Hall–Kier alpha value is -2.59. The Bertz CT molecular complexity index is 907. The molecule has 0 saturated heterocycles. The van der Waals surface area contributed by atoms with E-state index in [2.05, 4.69) is 46.6 Å². The molecule has 21 heavy (non-hydrogen) atoms. The molecule has 0 bridgehead atoms. The maximum absolute atomic E-state index is 6.05. The Balaban J connectivity index is 1.93. The summed E-state index contributed by atoms with van der Waals surface area (Å²) in [4.78, 5) is 1.13. The zero-order valence-corrected chi connectivity index (χ0v) is 12.0. The summed E-state index contributed by atoms with van der Waals surface area (Å²) in [5.74, 6) is 0.542. The van der Waals surface area contributed by atoms with E-state index in [9.17, 15) is 0 Å². The number of rotatable bonds is 2. The minimum atomic E-state index is 0.542. The van der Waals surface area contributed by atoms with Gasteiger partial charge in [0.2, 0.25) is 0 Å². The van der Waals surface area contributed by atoms with Gasteiger partial charge in [0.25, 0.3) is 0 Å². The second kappa shape index (κ2) is 4.75. The number of nitrogens with two attached hydrogens (primary N) is 1. The van der Waals surface area contributed by atoms with Crippen LogP contribution in [-0.4, -0.2) is 10.2 Å². The molecule has 0 atom stereocenters. The molecule has 0 fully saturated rings. The lowest BCUT2D eigenvalue weighted by Gasteiger charge is -2.04. The maximum atomic E-state index is 6.05. The zero-order valence-electron chi connectivity index (χ0n) is 11.2. The van der Waals surface area contributed by atoms with Crippen molar-refractivity contribution in [2.75, 3.05) is 5.73 Å². The smallest absolute Gasteiger partial charge is 0.154 e. The molecule has 4 heteroatoms. The highest BCUT2D eigenvalue weighted by molar-refractivity contribution is 7.13. The van der Waals surface area contributed by atoms with E-state index in [4.69, 9.17) is 5.73 Å². The van der Waals surface area contributed by atoms with Crippen molar-refractivity contribution in [3.05, 3.63) is 60.0 Å². The van der Waals surface area contributed by atoms with Gasteiger partial charge in [0.15, 0.2) is 5.82 Å². The van der Waals surface area contributed by atoms with Crippen molar-refractivity contribution in [1.29, 1.82) is 0 Å². The highest BCUT2D eigenvalue weighted by Gasteiger charge is 2.15. The van der Waals surface area contributed by atoms with Crippen LogP contribution in [0.5, 0.6) is 0 Å². The van der Waals surface area contributed by atoms with Crippen LogP contribution in [-0.2, 0) is 0 Å². The molecule has 2 aromatic heterocycles. The molecule has 3 N–H and O–H groups in total. The lowest BCUT2D eigenvalue weighted by molar-refractivity contribution is 1.10. The van der Waals surface area contributed by atoms with Crippen molar-refractivity contribution in [2.24, 2.45) is 0 Å². The summed E-state index contributed by atoms with van der Waals surface area (Å²) in [7, 11) is 0. The molecular formula is C17H13N3S. The predicted molar refractivity (Wildman–Crippen MR) is 89.3 cm³/mol. The van der Waals surface area contributed by atoms with Gasteiger partial charge in [-0.15, -0.1) is 11.3 Å². The number of benzene rings is 2. The number of thiophene rings is 1. The summed E-state index contributed by atoms with van der Waals surface area (Å²) in [5, 5.41) is 11.7. The first-order valence-electron chi connectivity index (χ1n) is 6.70. The number of nitrogen functional groups attached to an aromatic ring is 1. The van der Waals surface area contributed by atoms with Gasteiger partial charge in [-0.2, -0.15) is 5.10 Å². The van der Waals surface area contributed by atoms with Gasteiger partial charge in [0.05, 0.1) is 11.3 Å². The van der Waals surface area contributed by atoms with Crippen molar-refractivity contribution in [3.63, 3.8) is 0 Å². The van der Waals surface area contributed by atoms with Crippen molar-refractivity contribution < 1.29 is 0 Å². The average molecular weight is 291 g/mol. The van der Waals surface area contributed by atoms with Gasteiger partial charge in [0, 0.05) is 10.4 Å². The van der Waals surface area contributed by atoms with Crippen molar-refractivity contribution in [1.82, 2.24) is 10.2 Å². The molecule has 0 aliphatic carbocycles. The molecule has 4 aromatic rings. The number of aromatic nitrogens is 2. The van der Waals surface area contributed by atoms with Crippen molar-refractivity contribution in [3.8, 4) is 21.7 Å². The quantitative estimate of drug-likeness (QED) is 0.569. The number of hydrogen-bond donors (Lipinski definition) is 2. The molecule has 4 rings (SSSR count). The van der Waals surface area contributed by atoms with Gasteiger partial charge in [-0.25, -0.2) is 0 Å². The Labute approximate surface area is 126 Å². The third-order valence-corrected chi connectivity index (χ3v) is 4.49. The van der Waals surface area contributed by atoms with E-state index in [-0.39, 0.29) is 0 Å². The molecule has 0 aliphatic heterocycles.